The number of benzene rings is 2. The van der Waals surface area contributed by atoms with Crippen LogP contribution in [0.25, 0.3) is 10.2 Å². The predicted octanol–water partition coefficient (Wildman–Crippen LogP) is 3.51. The van der Waals surface area contributed by atoms with E-state index in [-0.39, 0.29) is 24.1 Å². The fourth-order valence-electron chi connectivity index (χ4n) is 3.24. The number of carbonyl (C=O) groups is 2. The molecule has 1 fully saturated rings. The fraction of sp³-hybridized carbons (Fsp3) is 0.286. The first-order chi connectivity index (χ1) is 14.6. The van der Waals surface area contributed by atoms with Crippen LogP contribution in [0, 0.1) is 0 Å². The van der Waals surface area contributed by atoms with Crippen molar-refractivity contribution in [2.24, 2.45) is 0 Å². The number of para-hydroxylation sites is 1. The average molecular weight is 461 g/mol. The zero-order valence-corrected chi connectivity index (χ0v) is 18.6. The highest BCUT2D eigenvalue weighted by molar-refractivity contribution is 8.01. The number of carbonyl (C=O) groups excluding carboxylic acids is 2. The third kappa shape index (κ3) is 5.24. The number of anilines is 1. The molecule has 6 nitrogen and oxygen atoms in total. The number of thioether (sulfide) groups is 1. The first kappa shape index (κ1) is 21.0. The van der Waals surface area contributed by atoms with Gasteiger partial charge < -0.3 is 15.1 Å². The Hall–Kier alpha value is -2.29. The lowest BCUT2D eigenvalue weighted by molar-refractivity contribution is -0.132. The number of aromatic nitrogens is 1. The van der Waals surface area contributed by atoms with Gasteiger partial charge in [-0.2, -0.15) is 0 Å². The number of amides is 2. The summed E-state index contributed by atoms with van der Waals surface area (Å²) < 4.78 is 1.96. The van der Waals surface area contributed by atoms with Gasteiger partial charge in [-0.3, -0.25) is 9.59 Å². The molecule has 1 N–H and O–H groups in total. The van der Waals surface area contributed by atoms with Crippen LogP contribution >= 0.6 is 34.7 Å². The van der Waals surface area contributed by atoms with Gasteiger partial charge in [-0.05, 0) is 36.4 Å². The molecule has 1 aliphatic heterocycles. The molecule has 9 heteroatoms. The van der Waals surface area contributed by atoms with Crippen molar-refractivity contribution < 1.29 is 9.59 Å². The summed E-state index contributed by atoms with van der Waals surface area (Å²) in [5, 5.41) is 3.44. The smallest absolute Gasteiger partial charge is 0.242 e. The Kier molecular flexibility index (Phi) is 6.76. The van der Waals surface area contributed by atoms with Crippen molar-refractivity contribution in [1.29, 1.82) is 0 Å². The molecule has 2 amide bonds. The zero-order chi connectivity index (χ0) is 20.9. The van der Waals surface area contributed by atoms with Crippen molar-refractivity contribution >= 4 is 62.4 Å². The third-order valence-corrected chi connectivity index (χ3v) is 7.29. The largest absolute Gasteiger partial charge is 0.368 e. The van der Waals surface area contributed by atoms with Crippen LogP contribution in [0.4, 0.5) is 5.69 Å². The quantitative estimate of drug-likeness (QED) is 0.570. The second-order valence-electron chi connectivity index (χ2n) is 6.86. The Bertz CT molecular complexity index is 1000. The van der Waals surface area contributed by atoms with Crippen LogP contribution in [0.2, 0.25) is 5.02 Å². The molecule has 0 unspecified atom stereocenters. The minimum atomic E-state index is -0.160. The standard InChI is InChI=1S/C21H21ClN4O2S2/c22-15-5-7-16(8-6-15)25-9-11-26(12-10-25)20(28)13-23-19(27)14-29-21-24-17-3-1-2-4-18(17)30-21/h1-8H,9-14H2,(H,23,27). The van der Waals surface area contributed by atoms with Gasteiger partial charge in [0, 0.05) is 36.9 Å². The van der Waals surface area contributed by atoms with E-state index in [1.54, 1.807) is 16.2 Å². The van der Waals surface area contributed by atoms with E-state index in [9.17, 15) is 9.59 Å². The van der Waals surface area contributed by atoms with E-state index in [1.165, 1.54) is 11.8 Å². The van der Waals surface area contributed by atoms with Gasteiger partial charge in [0.1, 0.15) is 0 Å². The molecule has 0 radical (unpaired) electrons. The Morgan fingerprint density at radius 2 is 1.80 bits per heavy atom. The Morgan fingerprint density at radius 1 is 1.07 bits per heavy atom. The highest BCUT2D eigenvalue weighted by Crippen LogP contribution is 2.29. The lowest BCUT2D eigenvalue weighted by Gasteiger charge is -2.36. The Labute approximate surface area is 188 Å². The van der Waals surface area contributed by atoms with Gasteiger partial charge >= 0.3 is 0 Å². The minimum absolute atomic E-state index is 0.0280. The molecule has 2 aromatic carbocycles. The molecule has 1 saturated heterocycles. The van der Waals surface area contributed by atoms with Gasteiger partial charge in [0.25, 0.3) is 0 Å². The number of nitrogens with zero attached hydrogens (tertiary/aromatic N) is 3. The molecule has 0 spiro atoms. The Balaban J connectivity index is 1.19. The van der Waals surface area contributed by atoms with Crippen LogP contribution in [0.1, 0.15) is 0 Å². The maximum Gasteiger partial charge on any atom is 0.242 e. The molecule has 2 heterocycles. The van der Waals surface area contributed by atoms with Crippen LogP contribution in [0.5, 0.6) is 0 Å². The topological polar surface area (TPSA) is 65.5 Å². The van der Waals surface area contributed by atoms with Gasteiger partial charge in [-0.25, -0.2) is 4.98 Å². The van der Waals surface area contributed by atoms with Crippen molar-refractivity contribution in [3.8, 4) is 0 Å². The molecule has 0 bridgehead atoms. The number of halogens is 1. The minimum Gasteiger partial charge on any atom is -0.368 e. The molecule has 30 heavy (non-hydrogen) atoms. The maximum absolute atomic E-state index is 12.4. The highest BCUT2D eigenvalue weighted by Gasteiger charge is 2.21. The van der Waals surface area contributed by atoms with E-state index in [4.69, 9.17) is 11.6 Å². The molecule has 0 aliphatic carbocycles. The molecule has 4 rings (SSSR count). The van der Waals surface area contributed by atoms with E-state index in [0.717, 1.165) is 33.3 Å². The molecule has 0 saturated carbocycles. The summed E-state index contributed by atoms with van der Waals surface area (Å²) in [4.78, 5) is 33.1. The molecule has 0 atom stereocenters. The summed E-state index contributed by atoms with van der Waals surface area (Å²) in [5.41, 5.74) is 2.05. The van der Waals surface area contributed by atoms with Crippen LogP contribution in [0.3, 0.4) is 0 Å². The van der Waals surface area contributed by atoms with Crippen molar-refractivity contribution in [3.63, 3.8) is 0 Å². The van der Waals surface area contributed by atoms with Crippen LogP contribution in [0.15, 0.2) is 52.9 Å². The Morgan fingerprint density at radius 3 is 2.53 bits per heavy atom. The number of nitrogens with one attached hydrogen (secondary N) is 1. The second-order valence-corrected chi connectivity index (χ2v) is 9.55. The summed E-state index contributed by atoms with van der Waals surface area (Å²) in [5.74, 6) is 0.0359. The normalized spacial score (nSPS) is 14.2. The van der Waals surface area contributed by atoms with Crippen molar-refractivity contribution in [2.45, 2.75) is 4.34 Å². The van der Waals surface area contributed by atoms with Crippen molar-refractivity contribution in [2.75, 3.05) is 43.4 Å². The summed E-state index contributed by atoms with van der Waals surface area (Å²) in [6.07, 6.45) is 0. The highest BCUT2D eigenvalue weighted by atomic mass is 35.5. The number of hydrogen-bond acceptors (Lipinski definition) is 6. The molecule has 3 aromatic rings. The van der Waals surface area contributed by atoms with Crippen molar-refractivity contribution in [3.05, 3.63) is 53.6 Å². The number of fused-ring (bicyclic) bond motifs is 1. The average Bonchev–Trinajstić information content (AvgIpc) is 3.20. The molecular formula is C21H21ClN4O2S2. The molecule has 1 aromatic heterocycles. The maximum atomic E-state index is 12.4. The summed E-state index contributed by atoms with van der Waals surface area (Å²) >= 11 is 8.91. The second kappa shape index (κ2) is 9.68. The van der Waals surface area contributed by atoms with Gasteiger partial charge in [0.15, 0.2) is 4.34 Å². The molecular weight excluding hydrogens is 440 g/mol. The number of rotatable bonds is 6. The zero-order valence-electron chi connectivity index (χ0n) is 16.2. The lowest BCUT2D eigenvalue weighted by atomic mass is 10.2. The van der Waals surface area contributed by atoms with Gasteiger partial charge in [0.05, 0.1) is 22.5 Å². The van der Waals surface area contributed by atoms with E-state index in [2.05, 4.69) is 15.2 Å². The molecule has 1 aliphatic rings. The third-order valence-electron chi connectivity index (χ3n) is 4.86. The van der Waals surface area contributed by atoms with Gasteiger partial charge in [-0.1, -0.05) is 35.5 Å². The van der Waals surface area contributed by atoms with Crippen LogP contribution in [-0.4, -0.2) is 60.2 Å². The SMILES string of the molecule is O=C(CSc1nc2ccccc2s1)NCC(=O)N1CCN(c2ccc(Cl)cc2)CC1. The van der Waals surface area contributed by atoms with E-state index in [0.29, 0.717) is 18.1 Å². The first-order valence-electron chi connectivity index (χ1n) is 9.62. The first-order valence-corrected chi connectivity index (χ1v) is 11.8. The summed E-state index contributed by atoms with van der Waals surface area (Å²) in [7, 11) is 0. The van der Waals surface area contributed by atoms with Crippen molar-refractivity contribution in [1.82, 2.24) is 15.2 Å². The van der Waals surface area contributed by atoms with E-state index in [1.807, 2.05) is 48.5 Å². The van der Waals surface area contributed by atoms with E-state index >= 15 is 0 Å². The lowest BCUT2D eigenvalue weighted by Crippen LogP contribution is -2.51. The summed E-state index contributed by atoms with van der Waals surface area (Å²) in [6, 6.07) is 15.6. The molecule has 156 valence electrons. The van der Waals surface area contributed by atoms with Gasteiger partial charge in [0.2, 0.25) is 11.8 Å². The monoisotopic (exact) mass is 460 g/mol. The van der Waals surface area contributed by atoms with Crippen LogP contribution in [-0.2, 0) is 9.59 Å². The number of hydrogen-bond donors (Lipinski definition) is 1. The number of piperazine rings is 1. The number of thiazole rings is 1. The fourth-order valence-corrected chi connectivity index (χ4v) is 5.27. The van der Waals surface area contributed by atoms with Crippen LogP contribution < -0.4 is 10.2 Å². The summed E-state index contributed by atoms with van der Waals surface area (Å²) in [6.45, 7) is 2.82. The van der Waals surface area contributed by atoms with E-state index < -0.39 is 0 Å². The van der Waals surface area contributed by atoms with Gasteiger partial charge in [-0.15, -0.1) is 11.3 Å². The predicted molar refractivity (Wildman–Crippen MR) is 124 cm³/mol.